The van der Waals surface area contributed by atoms with E-state index in [0.29, 0.717) is 6.08 Å². The monoisotopic (exact) mass is 195 g/mol. The number of halogens is 3. The molecule has 2 N–H and O–H groups in total. The number of alkyl halides is 3. The van der Waals surface area contributed by atoms with Gasteiger partial charge in [0.25, 0.3) is 0 Å². The number of carboxylic acid groups (broad SMARTS) is 1. The average Bonchev–Trinajstić information content (AvgIpc) is 1.96. The van der Waals surface area contributed by atoms with E-state index in [1.807, 2.05) is 0 Å². The molecule has 3 nitrogen and oxygen atoms in total. The van der Waals surface area contributed by atoms with Crippen LogP contribution in [0.2, 0.25) is 0 Å². The predicted molar refractivity (Wildman–Crippen MR) is 40.0 cm³/mol. The Hall–Kier alpha value is -1.46. The van der Waals surface area contributed by atoms with Gasteiger partial charge in [-0.15, -0.1) is 0 Å². The van der Waals surface area contributed by atoms with Crippen LogP contribution in [0, 0.1) is 0 Å². The standard InChI is InChI=1S/C7H8F3NO2/c1-4(7(8,9)10)3-5(11-2)6(12)13/h3,11H,1H2,2H3,(H,12,13)/b5-3-. The van der Waals surface area contributed by atoms with E-state index in [4.69, 9.17) is 5.11 Å². The largest absolute Gasteiger partial charge is 0.477 e. The predicted octanol–water partition coefficient (Wildman–Crippen LogP) is 1.29. The fourth-order valence-electron chi connectivity index (χ4n) is 0.497. The van der Waals surface area contributed by atoms with Crippen molar-refractivity contribution in [3.63, 3.8) is 0 Å². The van der Waals surface area contributed by atoms with Gasteiger partial charge in [0.1, 0.15) is 5.70 Å². The van der Waals surface area contributed by atoms with Crippen LogP contribution < -0.4 is 5.32 Å². The van der Waals surface area contributed by atoms with E-state index in [1.54, 1.807) is 0 Å². The minimum Gasteiger partial charge on any atom is -0.477 e. The van der Waals surface area contributed by atoms with Gasteiger partial charge < -0.3 is 10.4 Å². The molecule has 0 fully saturated rings. The third-order valence-electron chi connectivity index (χ3n) is 1.18. The fraction of sp³-hybridized carbons (Fsp3) is 0.286. The molecule has 0 heterocycles. The topological polar surface area (TPSA) is 49.3 Å². The molecule has 0 radical (unpaired) electrons. The number of rotatable bonds is 3. The molecule has 0 aromatic rings. The SMILES string of the molecule is C=C(/C=C(\NC)C(=O)O)C(F)(F)F. The van der Waals surface area contributed by atoms with Gasteiger partial charge in [0, 0.05) is 7.05 Å². The van der Waals surface area contributed by atoms with Gasteiger partial charge in [-0.25, -0.2) is 4.79 Å². The lowest BCUT2D eigenvalue weighted by Crippen LogP contribution is -2.18. The van der Waals surface area contributed by atoms with Gasteiger partial charge in [0.15, 0.2) is 0 Å². The van der Waals surface area contributed by atoms with Gasteiger partial charge in [0.05, 0.1) is 5.57 Å². The van der Waals surface area contributed by atoms with Crippen LogP contribution in [-0.2, 0) is 4.79 Å². The summed E-state index contributed by atoms with van der Waals surface area (Å²) in [5, 5.41) is 10.5. The lowest BCUT2D eigenvalue weighted by atomic mass is 10.2. The molecule has 0 bridgehead atoms. The van der Waals surface area contributed by atoms with E-state index in [-0.39, 0.29) is 0 Å². The van der Waals surface area contributed by atoms with Crippen LogP contribution in [-0.4, -0.2) is 24.3 Å². The number of nitrogens with one attached hydrogen (secondary N) is 1. The molecule has 0 aromatic carbocycles. The smallest absolute Gasteiger partial charge is 0.415 e. The maximum absolute atomic E-state index is 11.8. The number of allylic oxidation sites excluding steroid dienone is 2. The maximum Gasteiger partial charge on any atom is 0.415 e. The maximum atomic E-state index is 11.8. The highest BCUT2D eigenvalue weighted by molar-refractivity contribution is 5.86. The number of likely N-dealkylation sites (N-methyl/N-ethyl adjacent to an activating group) is 1. The third-order valence-corrected chi connectivity index (χ3v) is 1.18. The summed E-state index contributed by atoms with van der Waals surface area (Å²) in [6.45, 7) is 2.69. The van der Waals surface area contributed by atoms with E-state index in [0.717, 1.165) is 0 Å². The Morgan fingerprint density at radius 2 is 2.00 bits per heavy atom. The number of carboxylic acids is 1. The van der Waals surface area contributed by atoms with Crippen molar-refractivity contribution in [2.45, 2.75) is 6.18 Å². The molecule has 0 saturated heterocycles. The summed E-state index contributed by atoms with van der Waals surface area (Å²) in [7, 11) is 1.21. The molecule has 0 aliphatic carbocycles. The molecule has 0 aromatic heterocycles. The first-order chi connectivity index (χ1) is 5.79. The third kappa shape index (κ3) is 3.64. The molecule has 0 aliphatic rings. The highest BCUT2D eigenvalue weighted by Gasteiger charge is 2.31. The highest BCUT2D eigenvalue weighted by atomic mass is 19.4. The van der Waals surface area contributed by atoms with Crippen molar-refractivity contribution in [3.8, 4) is 0 Å². The lowest BCUT2D eigenvalue weighted by molar-refractivity contribution is -0.133. The Morgan fingerprint density at radius 1 is 1.54 bits per heavy atom. The van der Waals surface area contributed by atoms with Gasteiger partial charge in [-0.3, -0.25) is 0 Å². The summed E-state index contributed by atoms with van der Waals surface area (Å²) in [5.41, 5.74) is -1.76. The molecular weight excluding hydrogens is 187 g/mol. The van der Waals surface area contributed by atoms with Crippen LogP contribution in [0.15, 0.2) is 23.9 Å². The summed E-state index contributed by atoms with van der Waals surface area (Å²) in [5.74, 6) is -1.46. The second-order valence-electron chi connectivity index (χ2n) is 2.14. The van der Waals surface area contributed by atoms with E-state index in [2.05, 4.69) is 11.9 Å². The van der Waals surface area contributed by atoms with Gasteiger partial charge in [-0.1, -0.05) is 6.58 Å². The summed E-state index contributed by atoms with van der Waals surface area (Å²) in [6.07, 6.45) is -4.17. The molecule has 13 heavy (non-hydrogen) atoms. The van der Waals surface area contributed by atoms with Crippen molar-refractivity contribution < 1.29 is 23.1 Å². The molecule has 0 atom stereocenters. The van der Waals surface area contributed by atoms with Crippen LogP contribution >= 0.6 is 0 Å². The fourth-order valence-corrected chi connectivity index (χ4v) is 0.497. The second kappa shape index (κ2) is 3.97. The Kier molecular flexibility index (Phi) is 3.53. The number of hydrogen-bond acceptors (Lipinski definition) is 2. The molecule has 0 saturated carbocycles. The van der Waals surface area contributed by atoms with E-state index in [9.17, 15) is 18.0 Å². The van der Waals surface area contributed by atoms with Gasteiger partial charge in [-0.05, 0) is 6.08 Å². The summed E-state index contributed by atoms with van der Waals surface area (Å²) in [4.78, 5) is 10.3. The van der Waals surface area contributed by atoms with Gasteiger partial charge in [-0.2, -0.15) is 13.2 Å². The highest BCUT2D eigenvalue weighted by Crippen LogP contribution is 2.25. The molecular formula is C7H8F3NO2. The second-order valence-corrected chi connectivity index (χ2v) is 2.14. The number of hydrogen-bond donors (Lipinski definition) is 2. The molecule has 0 amide bonds. The molecule has 0 aliphatic heterocycles. The zero-order chi connectivity index (χ0) is 10.6. The summed E-state index contributed by atoms with van der Waals surface area (Å²) in [6, 6.07) is 0. The number of aliphatic carboxylic acids is 1. The van der Waals surface area contributed by atoms with Crippen LogP contribution in [0.5, 0.6) is 0 Å². The Morgan fingerprint density at radius 3 is 2.23 bits per heavy atom. The van der Waals surface area contributed by atoms with Crippen LogP contribution in [0.25, 0.3) is 0 Å². The Bertz CT molecular complexity index is 255. The lowest BCUT2D eigenvalue weighted by Gasteiger charge is -2.06. The Labute approximate surface area is 72.6 Å². The van der Waals surface area contributed by atoms with Crippen molar-refractivity contribution in [3.05, 3.63) is 23.9 Å². The normalized spacial score (nSPS) is 12.5. The quantitative estimate of drug-likeness (QED) is 0.527. The van der Waals surface area contributed by atoms with E-state index in [1.165, 1.54) is 7.05 Å². The number of carbonyl (C=O) groups is 1. The molecule has 0 unspecified atom stereocenters. The molecule has 74 valence electrons. The first-order valence-corrected chi connectivity index (χ1v) is 3.18. The first-order valence-electron chi connectivity index (χ1n) is 3.18. The minimum atomic E-state index is -4.60. The van der Waals surface area contributed by atoms with Crippen molar-refractivity contribution in [1.82, 2.24) is 5.32 Å². The van der Waals surface area contributed by atoms with Crippen molar-refractivity contribution in [1.29, 1.82) is 0 Å². The van der Waals surface area contributed by atoms with Crippen LogP contribution in [0.3, 0.4) is 0 Å². The van der Waals surface area contributed by atoms with Crippen molar-refractivity contribution in [2.24, 2.45) is 0 Å². The van der Waals surface area contributed by atoms with E-state index >= 15 is 0 Å². The zero-order valence-corrected chi connectivity index (χ0v) is 6.77. The van der Waals surface area contributed by atoms with E-state index < -0.39 is 23.4 Å². The Balaban J connectivity index is 4.73. The molecule has 6 heteroatoms. The zero-order valence-electron chi connectivity index (χ0n) is 6.77. The van der Waals surface area contributed by atoms with Crippen molar-refractivity contribution in [2.75, 3.05) is 7.05 Å². The average molecular weight is 195 g/mol. The summed E-state index contributed by atoms with van der Waals surface area (Å²) < 4.78 is 35.5. The summed E-state index contributed by atoms with van der Waals surface area (Å²) >= 11 is 0. The minimum absolute atomic E-state index is 0.433. The first kappa shape index (κ1) is 11.5. The van der Waals surface area contributed by atoms with Crippen LogP contribution in [0.4, 0.5) is 13.2 Å². The molecule has 0 rings (SSSR count). The van der Waals surface area contributed by atoms with Crippen molar-refractivity contribution >= 4 is 5.97 Å². The molecule has 0 spiro atoms. The van der Waals surface area contributed by atoms with Gasteiger partial charge >= 0.3 is 12.1 Å². The van der Waals surface area contributed by atoms with Gasteiger partial charge in [0.2, 0.25) is 0 Å². The van der Waals surface area contributed by atoms with Crippen LogP contribution in [0.1, 0.15) is 0 Å².